The van der Waals surface area contributed by atoms with Gasteiger partial charge in [-0.15, -0.1) is 0 Å². The largest absolute Gasteiger partial charge is 0.481 e. The minimum absolute atomic E-state index is 0.00500. The van der Waals surface area contributed by atoms with Crippen molar-refractivity contribution in [2.24, 2.45) is 0 Å². The molecule has 0 fully saturated rings. The van der Waals surface area contributed by atoms with Gasteiger partial charge in [0.15, 0.2) is 0 Å². The van der Waals surface area contributed by atoms with Crippen LogP contribution in [-0.2, 0) is 4.79 Å². The highest BCUT2D eigenvalue weighted by Gasteiger charge is 2.22. The summed E-state index contributed by atoms with van der Waals surface area (Å²) in [5.41, 5.74) is 0.594. The highest BCUT2D eigenvalue weighted by Crippen LogP contribution is 2.30. The van der Waals surface area contributed by atoms with E-state index in [2.05, 4.69) is 0 Å². The number of aliphatic carboxylic acids is 1. The summed E-state index contributed by atoms with van der Waals surface area (Å²) in [6.45, 7) is 4.10. The number of nitriles is 1. The van der Waals surface area contributed by atoms with Crippen LogP contribution in [0.1, 0.15) is 32.3 Å². The first-order valence-corrected chi connectivity index (χ1v) is 6.53. The lowest BCUT2D eigenvalue weighted by Crippen LogP contribution is -2.32. The van der Waals surface area contributed by atoms with Crippen molar-refractivity contribution in [2.45, 2.75) is 32.7 Å². The lowest BCUT2D eigenvalue weighted by atomic mass is 10.1. The summed E-state index contributed by atoms with van der Waals surface area (Å²) in [6, 6.07) is 6.09. The van der Waals surface area contributed by atoms with Crippen LogP contribution >= 0.6 is 0 Å². The van der Waals surface area contributed by atoms with E-state index in [0.29, 0.717) is 24.2 Å². The number of hydrogen-bond acceptors (Lipinski definition) is 5. The Morgan fingerprint density at radius 2 is 2.19 bits per heavy atom. The van der Waals surface area contributed by atoms with Crippen molar-refractivity contribution in [3.8, 4) is 6.07 Å². The number of carbonyl (C=O) groups is 1. The Kier molecular flexibility index (Phi) is 5.67. The SMILES string of the molecule is CC(C)N(CCCC(=O)O)c1cc(C#N)ccc1[N+](=O)[O-]. The van der Waals surface area contributed by atoms with Crippen LogP contribution < -0.4 is 4.90 Å². The van der Waals surface area contributed by atoms with Crippen molar-refractivity contribution < 1.29 is 14.8 Å². The smallest absolute Gasteiger partial charge is 0.303 e. The molecule has 7 heteroatoms. The normalized spacial score (nSPS) is 10.2. The number of benzene rings is 1. The van der Waals surface area contributed by atoms with Crippen molar-refractivity contribution in [1.82, 2.24) is 0 Å². The van der Waals surface area contributed by atoms with Gasteiger partial charge in [-0.05, 0) is 32.4 Å². The Hall–Kier alpha value is -2.62. The monoisotopic (exact) mass is 291 g/mol. The minimum Gasteiger partial charge on any atom is -0.481 e. The topological polar surface area (TPSA) is 107 Å². The standard InChI is InChI=1S/C14H17N3O4/c1-10(2)16(7-3-4-14(18)19)13-8-11(9-15)5-6-12(13)17(20)21/h5-6,8,10H,3-4,7H2,1-2H3,(H,18,19). The number of carboxylic acid groups (broad SMARTS) is 1. The van der Waals surface area contributed by atoms with Gasteiger partial charge in [-0.2, -0.15) is 5.26 Å². The molecular weight excluding hydrogens is 274 g/mol. The molecule has 0 atom stereocenters. The fourth-order valence-corrected chi connectivity index (χ4v) is 2.03. The fourth-order valence-electron chi connectivity index (χ4n) is 2.03. The maximum absolute atomic E-state index is 11.1. The van der Waals surface area contributed by atoms with Crippen LogP contribution in [0.25, 0.3) is 0 Å². The van der Waals surface area contributed by atoms with E-state index in [4.69, 9.17) is 10.4 Å². The van der Waals surface area contributed by atoms with Gasteiger partial charge >= 0.3 is 5.97 Å². The van der Waals surface area contributed by atoms with E-state index in [1.165, 1.54) is 18.2 Å². The van der Waals surface area contributed by atoms with Crippen LogP contribution in [0.3, 0.4) is 0 Å². The van der Waals surface area contributed by atoms with E-state index in [9.17, 15) is 14.9 Å². The van der Waals surface area contributed by atoms with Crippen molar-refractivity contribution in [2.75, 3.05) is 11.4 Å². The average molecular weight is 291 g/mol. The fraction of sp³-hybridized carbons (Fsp3) is 0.429. The van der Waals surface area contributed by atoms with Gasteiger partial charge in [0.05, 0.1) is 16.6 Å². The number of carboxylic acids is 1. The predicted molar refractivity (Wildman–Crippen MR) is 77.2 cm³/mol. The molecule has 21 heavy (non-hydrogen) atoms. The first-order chi connectivity index (χ1) is 9.86. The van der Waals surface area contributed by atoms with Crippen molar-refractivity contribution in [3.63, 3.8) is 0 Å². The molecule has 112 valence electrons. The second-order valence-electron chi connectivity index (χ2n) is 4.86. The van der Waals surface area contributed by atoms with Gasteiger partial charge in [-0.1, -0.05) is 0 Å². The molecule has 0 aliphatic heterocycles. The van der Waals surface area contributed by atoms with Crippen LogP contribution in [0, 0.1) is 21.4 Å². The lowest BCUT2D eigenvalue weighted by molar-refractivity contribution is -0.384. The number of hydrogen-bond donors (Lipinski definition) is 1. The highest BCUT2D eigenvalue weighted by molar-refractivity contribution is 5.68. The number of rotatable bonds is 7. The predicted octanol–water partition coefficient (Wildman–Crippen LogP) is 2.55. The van der Waals surface area contributed by atoms with Crippen LogP contribution in [0.2, 0.25) is 0 Å². The zero-order valence-electron chi connectivity index (χ0n) is 11.9. The highest BCUT2D eigenvalue weighted by atomic mass is 16.6. The van der Waals surface area contributed by atoms with Gasteiger partial charge in [-0.3, -0.25) is 14.9 Å². The molecule has 0 saturated heterocycles. The molecule has 0 amide bonds. The molecular formula is C14H17N3O4. The van der Waals surface area contributed by atoms with Gasteiger partial charge in [0.2, 0.25) is 0 Å². The Balaban J connectivity index is 3.13. The number of anilines is 1. The number of nitro groups is 1. The van der Waals surface area contributed by atoms with Crippen LogP contribution in [0.15, 0.2) is 18.2 Å². The zero-order valence-corrected chi connectivity index (χ0v) is 11.9. The summed E-state index contributed by atoms with van der Waals surface area (Å²) >= 11 is 0. The van der Waals surface area contributed by atoms with E-state index in [-0.39, 0.29) is 18.2 Å². The van der Waals surface area contributed by atoms with E-state index >= 15 is 0 Å². The van der Waals surface area contributed by atoms with Gasteiger partial charge in [0, 0.05) is 25.1 Å². The molecule has 1 aromatic carbocycles. The third kappa shape index (κ3) is 4.45. The molecule has 0 spiro atoms. The quantitative estimate of drug-likeness (QED) is 0.611. The molecule has 0 saturated carbocycles. The van der Waals surface area contributed by atoms with Gasteiger partial charge in [0.1, 0.15) is 5.69 Å². The molecule has 1 N–H and O–H groups in total. The summed E-state index contributed by atoms with van der Waals surface area (Å²) in [6.07, 6.45) is 0.371. The van der Waals surface area contributed by atoms with E-state index < -0.39 is 10.9 Å². The van der Waals surface area contributed by atoms with E-state index in [1.54, 1.807) is 4.90 Å². The lowest BCUT2D eigenvalue weighted by Gasteiger charge is -2.28. The first-order valence-electron chi connectivity index (χ1n) is 6.53. The zero-order chi connectivity index (χ0) is 16.0. The summed E-state index contributed by atoms with van der Waals surface area (Å²) in [5, 5.41) is 28.8. The maximum atomic E-state index is 11.1. The average Bonchev–Trinajstić information content (AvgIpc) is 2.42. The molecule has 0 radical (unpaired) electrons. The molecule has 0 heterocycles. The van der Waals surface area contributed by atoms with Crippen molar-refractivity contribution in [1.29, 1.82) is 5.26 Å². The Bertz CT molecular complexity index is 578. The van der Waals surface area contributed by atoms with E-state index in [1.807, 2.05) is 19.9 Å². The van der Waals surface area contributed by atoms with Gasteiger partial charge < -0.3 is 10.0 Å². The summed E-state index contributed by atoms with van der Waals surface area (Å²) < 4.78 is 0. The minimum atomic E-state index is -0.904. The molecule has 1 rings (SSSR count). The maximum Gasteiger partial charge on any atom is 0.303 e. The molecule has 0 aliphatic carbocycles. The summed E-state index contributed by atoms with van der Waals surface area (Å²) in [7, 11) is 0. The molecule has 0 unspecified atom stereocenters. The number of nitro benzene ring substituents is 1. The van der Waals surface area contributed by atoms with Crippen molar-refractivity contribution in [3.05, 3.63) is 33.9 Å². The Morgan fingerprint density at radius 3 is 2.67 bits per heavy atom. The molecule has 0 aliphatic rings. The second-order valence-corrected chi connectivity index (χ2v) is 4.86. The Morgan fingerprint density at radius 1 is 1.52 bits per heavy atom. The van der Waals surface area contributed by atoms with Gasteiger partial charge in [0.25, 0.3) is 5.69 Å². The first kappa shape index (κ1) is 16.4. The van der Waals surface area contributed by atoms with E-state index in [0.717, 1.165) is 0 Å². The number of nitrogens with zero attached hydrogens (tertiary/aromatic N) is 3. The van der Waals surface area contributed by atoms with Crippen LogP contribution in [0.4, 0.5) is 11.4 Å². The van der Waals surface area contributed by atoms with Crippen molar-refractivity contribution >= 4 is 17.3 Å². The second kappa shape index (κ2) is 7.24. The molecule has 1 aromatic rings. The Labute approximate surface area is 122 Å². The third-order valence-electron chi connectivity index (χ3n) is 3.02. The van der Waals surface area contributed by atoms with Gasteiger partial charge in [-0.25, -0.2) is 0 Å². The van der Waals surface area contributed by atoms with Crippen LogP contribution in [-0.4, -0.2) is 28.6 Å². The summed E-state index contributed by atoms with van der Waals surface area (Å²) in [5.74, 6) is -0.904. The van der Waals surface area contributed by atoms with Crippen LogP contribution in [0.5, 0.6) is 0 Å². The summed E-state index contributed by atoms with van der Waals surface area (Å²) in [4.78, 5) is 23.0. The molecule has 0 aromatic heterocycles. The molecule has 7 nitrogen and oxygen atoms in total. The molecule has 0 bridgehead atoms. The third-order valence-corrected chi connectivity index (χ3v) is 3.02.